The Labute approximate surface area is 157 Å². The molecule has 1 saturated heterocycles. The van der Waals surface area contributed by atoms with Crippen LogP contribution in [0.5, 0.6) is 0 Å². The van der Waals surface area contributed by atoms with Gasteiger partial charge in [-0.1, -0.05) is 24.0 Å². The molecule has 148 valence electrons. The van der Waals surface area contributed by atoms with Gasteiger partial charge in [0.1, 0.15) is 36.6 Å². The van der Waals surface area contributed by atoms with Crippen LogP contribution in [0.3, 0.4) is 0 Å². The van der Waals surface area contributed by atoms with Gasteiger partial charge in [0.15, 0.2) is 6.29 Å². The number of allylic oxidation sites excluding steroid dienone is 2. The summed E-state index contributed by atoms with van der Waals surface area (Å²) < 4.78 is 10.4. The molecule has 8 nitrogen and oxygen atoms in total. The minimum Gasteiger partial charge on any atom is -0.394 e. The van der Waals surface area contributed by atoms with Crippen LogP contribution in [-0.2, 0) is 9.47 Å². The smallest absolute Gasteiger partial charge is 0.187 e. The van der Waals surface area contributed by atoms with E-state index in [0.29, 0.717) is 0 Å². The third-order valence-corrected chi connectivity index (χ3v) is 3.58. The van der Waals surface area contributed by atoms with Gasteiger partial charge in [0.25, 0.3) is 0 Å². The first kappa shape index (κ1) is 23.1. The molecule has 6 N–H and O–H groups in total. The number of hydrogen-bond donors (Lipinski definition) is 6. The summed E-state index contributed by atoms with van der Waals surface area (Å²) in [6.07, 6.45) is -1.86. The van der Waals surface area contributed by atoms with Crippen molar-refractivity contribution in [2.75, 3.05) is 13.2 Å². The first-order valence-corrected chi connectivity index (χ1v) is 8.16. The summed E-state index contributed by atoms with van der Waals surface area (Å²) in [5, 5.41) is 56.7. The molecule has 8 heteroatoms. The van der Waals surface area contributed by atoms with Crippen molar-refractivity contribution >= 4 is 0 Å². The lowest BCUT2D eigenvalue weighted by atomic mass is 9.99. The van der Waals surface area contributed by atoms with Gasteiger partial charge in [-0.2, -0.15) is 0 Å². The lowest BCUT2D eigenvalue weighted by Gasteiger charge is -2.39. The highest BCUT2D eigenvalue weighted by Gasteiger charge is 2.43. The second kappa shape index (κ2) is 12.4. The summed E-state index contributed by atoms with van der Waals surface area (Å²) in [4.78, 5) is 0. The zero-order valence-corrected chi connectivity index (χ0v) is 14.5. The second-order valence-electron chi connectivity index (χ2n) is 5.55. The van der Waals surface area contributed by atoms with Crippen LogP contribution in [0, 0.1) is 23.7 Å². The fourth-order valence-electron chi connectivity index (χ4n) is 2.02. The van der Waals surface area contributed by atoms with E-state index < -0.39 is 49.5 Å². The first-order valence-electron chi connectivity index (χ1n) is 8.16. The van der Waals surface area contributed by atoms with Crippen LogP contribution in [0.4, 0.5) is 0 Å². The van der Waals surface area contributed by atoms with Crippen LogP contribution < -0.4 is 0 Å². The van der Waals surface area contributed by atoms with Crippen LogP contribution in [0.25, 0.3) is 0 Å². The summed E-state index contributed by atoms with van der Waals surface area (Å²) in [5.74, 6) is 10.2. The van der Waals surface area contributed by atoms with Gasteiger partial charge < -0.3 is 40.1 Å². The minimum atomic E-state index is -1.49. The predicted molar refractivity (Wildman–Crippen MR) is 95.8 cm³/mol. The molecule has 1 heterocycles. The van der Waals surface area contributed by atoms with Crippen LogP contribution in [0.15, 0.2) is 37.0 Å². The molecule has 0 unspecified atom stereocenters. The SMILES string of the molecule is C=C[C@@H](O)[C@H](O)/C=C/C#CC#C/C=C/CO[C@@H]1O[C@H](CO)[C@@H](O)[C@H](O)[C@H]1O. The molecule has 0 aromatic rings. The quantitative estimate of drug-likeness (QED) is 0.217. The van der Waals surface area contributed by atoms with Crippen molar-refractivity contribution in [2.45, 2.75) is 42.9 Å². The van der Waals surface area contributed by atoms with Gasteiger partial charge in [-0.3, -0.25) is 0 Å². The molecule has 0 bridgehead atoms. The molecule has 0 saturated carbocycles. The topological polar surface area (TPSA) is 140 Å². The molecular weight excluding hydrogens is 356 g/mol. The van der Waals surface area contributed by atoms with Gasteiger partial charge in [-0.15, -0.1) is 6.58 Å². The highest BCUT2D eigenvalue weighted by molar-refractivity contribution is 5.34. The van der Waals surface area contributed by atoms with Gasteiger partial charge in [0.2, 0.25) is 0 Å². The molecule has 0 aliphatic carbocycles. The molecule has 0 aromatic heterocycles. The highest BCUT2D eigenvalue weighted by Crippen LogP contribution is 2.21. The van der Waals surface area contributed by atoms with E-state index in [1.165, 1.54) is 30.4 Å². The van der Waals surface area contributed by atoms with E-state index in [1.807, 2.05) is 0 Å². The van der Waals surface area contributed by atoms with Crippen molar-refractivity contribution in [3.63, 3.8) is 0 Å². The monoisotopic (exact) mass is 380 g/mol. The molecule has 0 radical (unpaired) electrons. The molecule has 7 atom stereocenters. The number of aliphatic hydroxyl groups excluding tert-OH is 6. The van der Waals surface area contributed by atoms with Gasteiger partial charge in [-0.25, -0.2) is 0 Å². The van der Waals surface area contributed by atoms with E-state index in [0.717, 1.165) is 0 Å². The molecular formula is C19H24O8. The third kappa shape index (κ3) is 7.65. The lowest BCUT2D eigenvalue weighted by Crippen LogP contribution is -2.59. The molecule has 1 fully saturated rings. The molecule has 27 heavy (non-hydrogen) atoms. The van der Waals surface area contributed by atoms with Crippen LogP contribution >= 0.6 is 0 Å². The Morgan fingerprint density at radius 2 is 1.67 bits per heavy atom. The zero-order chi connectivity index (χ0) is 20.2. The van der Waals surface area contributed by atoms with E-state index >= 15 is 0 Å². The molecule has 1 aliphatic rings. The summed E-state index contributed by atoms with van der Waals surface area (Å²) >= 11 is 0. The van der Waals surface area contributed by atoms with Crippen LogP contribution in [-0.4, -0.2) is 86.8 Å². The van der Waals surface area contributed by atoms with E-state index in [-0.39, 0.29) is 6.61 Å². The van der Waals surface area contributed by atoms with Crippen molar-refractivity contribution in [2.24, 2.45) is 0 Å². The van der Waals surface area contributed by atoms with E-state index in [9.17, 15) is 25.5 Å². The van der Waals surface area contributed by atoms with Gasteiger partial charge in [0.05, 0.1) is 13.2 Å². The number of ether oxygens (including phenoxy) is 2. The normalized spacial score (nSPS) is 30.2. The maximum atomic E-state index is 9.78. The van der Waals surface area contributed by atoms with Crippen molar-refractivity contribution in [3.8, 4) is 23.7 Å². The summed E-state index contributed by atoms with van der Waals surface area (Å²) in [6.45, 7) is 2.83. The van der Waals surface area contributed by atoms with Crippen molar-refractivity contribution in [1.82, 2.24) is 0 Å². The van der Waals surface area contributed by atoms with Crippen molar-refractivity contribution < 1.29 is 40.1 Å². The number of rotatable bonds is 7. The Balaban J connectivity index is 2.38. The standard InChI is InChI=1S/C19H24O8/c1-2-13(21)14(22)10-8-6-4-3-5-7-9-11-26-19-18(25)17(24)16(23)15(12-20)27-19/h2,7-10,13-25H,1,11-12H2/b9-7+,10-8+/t13-,14-,15-,16-,17+,18-,19-/m1/s1. The summed E-state index contributed by atoms with van der Waals surface area (Å²) in [7, 11) is 0. The first-order chi connectivity index (χ1) is 12.9. The Kier molecular flexibility index (Phi) is 10.6. The molecule has 0 amide bonds. The zero-order valence-electron chi connectivity index (χ0n) is 14.5. The van der Waals surface area contributed by atoms with Crippen LogP contribution in [0.2, 0.25) is 0 Å². The molecule has 0 spiro atoms. The summed E-state index contributed by atoms with van der Waals surface area (Å²) in [5.41, 5.74) is 0. The lowest BCUT2D eigenvalue weighted by molar-refractivity contribution is -0.298. The molecule has 0 aromatic carbocycles. The Bertz CT molecular complexity index is 634. The Hall–Kier alpha value is -1.98. The van der Waals surface area contributed by atoms with Crippen molar-refractivity contribution in [3.05, 3.63) is 37.0 Å². The number of hydrogen-bond acceptors (Lipinski definition) is 8. The Morgan fingerprint density at radius 3 is 2.30 bits per heavy atom. The maximum Gasteiger partial charge on any atom is 0.187 e. The van der Waals surface area contributed by atoms with E-state index in [2.05, 4.69) is 30.3 Å². The fourth-order valence-corrected chi connectivity index (χ4v) is 2.02. The van der Waals surface area contributed by atoms with E-state index in [4.69, 9.17) is 14.6 Å². The Morgan fingerprint density at radius 1 is 1.00 bits per heavy atom. The third-order valence-electron chi connectivity index (χ3n) is 3.58. The maximum absolute atomic E-state index is 9.78. The minimum absolute atomic E-state index is 0.0103. The summed E-state index contributed by atoms with van der Waals surface area (Å²) in [6, 6.07) is 0. The van der Waals surface area contributed by atoms with Crippen molar-refractivity contribution in [1.29, 1.82) is 0 Å². The largest absolute Gasteiger partial charge is 0.394 e. The van der Waals surface area contributed by atoms with Crippen LogP contribution in [0.1, 0.15) is 0 Å². The second-order valence-corrected chi connectivity index (χ2v) is 5.55. The fraction of sp³-hybridized carbons (Fsp3) is 0.474. The van der Waals surface area contributed by atoms with Gasteiger partial charge >= 0.3 is 0 Å². The predicted octanol–water partition coefficient (Wildman–Crippen LogP) is -2.17. The number of aliphatic hydroxyl groups is 6. The van der Waals surface area contributed by atoms with E-state index in [1.54, 1.807) is 0 Å². The van der Waals surface area contributed by atoms with Gasteiger partial charge in [-0.05, 0) is 30.1 Å². The average Bonchev–Trinajstić information content (AvgIpc) is 2.68. The van der Waals surface area contributed by atoms with Gasteiger partial charge in [0, 0.05) is 0 Å². The molecule has 1 rings (SSSR count). The highest BCUT2D eigenvalue weighted by atomic mass is 16.7. The molecule has 1 aliphatic heterocycles. The average molecular weight is 380 g/mol.